The van der Waals surface area contributed by atoms with Crippen molar-refractivity contribution in [1.29, 1.82) is 0 Å². The van der Waals surface area contributed by atoms with Crippen LogP contribution in [0.25, 0.3) is 0 Å². The normalized spacial score (nSPS) is 17.4. The predicted molar refractivity (Wildman–Crippen MR) is 118 cm³/mol. The second kappa shape index (κ2) is 9.97. The van der Waals surface area contributed by atoms with Crippen LogP contribution < -0.4 is 10.1 Å². The second-order valence-electron chi connectivity index (χ2n) is 7.65. The Hall–Kier alpha value is -2.55. The summed E-state index contributed by atoms with van der Waals surface area (Å²) < 4.78 is 30.6. The molecule has 30 heavy (non-hydrogen) atoms. The van der Waals surface area contributed by atoms with E-state index in [0.717, 1.165) is 38.4 Å². The highest BCUT2D eigenvalue weighted by atomic mass is 32.2. The van der Waals surface area contributed by atoms with Gasteiger partial charge in [-0.3, -0.25) is 4.68 Å². The minimum Gasteiger partial charge on any atom is -0.492 e. The monoisotopic (exact) mass is 433 g/mol. The van der Waals surface area contributed by atoms with Gasteiger partial charge in [-0.25, -0.2) is 13.4 Å². The molecule has 1 aromatic carbocycles. The molecule has 1 unspecified atom stereocenters. The summed E-state index contributed by atoms with van der Waals surface area (Å²) in [4.78, 5) is 7.31. The van der Waals surface area contributed by atoms with Crippen LogP contribution in [0.1, 0.15) is 18.9 Å². The number of aromatic nitrogens is 2. The number of likely N-dealkylation sites (tertiary alicyclic amines) is 1. The van der Waals surface area contributed by atoms with Gasteiger partial charge in [0.25, 0.3) is 0 Å². The number of hydrogen-bond acceptors (Lipinski definition) is 5. The minimum absolute atomic E-state index is 0.289. The Kier molecular flexibility index (Phi) is 7.36. The van der Waals surface area contributed by atoms with Gasteiger partial charge in [-0.2, -0.15) is 5.10 Å². The third-order valence-electron chi connectivity index (χ3n) is 5.08. The molecule has 0 saturated carbocycles. The van der Waals surface area contributed by atoms with E-state index in [1.807, 2.05) is 17.9 Å². The third kappa shape index (κ3) is 6.22. The molecule has 3 rings (SSSR count). The van der Waals surface area contributed by atoms with Gasteiger partial charge in [0.15, 0.2) is 15.8 Å². The van der Waals surface area contributed by atoms with E-state index >= 15 is 0 Å². The van der Waals surface area contributed by atoms with E-state index in [2.05, 4.69) is 28.4 Å². The van der Waals surface area contributed by atoms with Crippen LogP contribution in [0.3, 0.4) is 0 Å². The summed E-state index contributed by atoms with van der Waals surface area (Å²) in [6.07, 6.45) is 7.40. The van der Waals surface area contributed by atoms with E-state index in [-0.39, 0.29) is 4.90 Å². The van der Waals surface area contributed by atoms with E-state index in [0.29, 0.717) is 24.8 Å². The zero-order chi connectivity index (χ0) is 21.6. The summed E-state index contributed by atoms with van der Waals surface area (Å²) in [7, 11) is -1.24. The maximum absolute atomic E-state index is 11.5. The number of guanidine groups is 1. The van der Waals surface area contributed by atoms with Crippen LogP contribution in [0.15, 0.2) is 46.5 Å². The summed E-state index contributed by atoms with van der Waals surface area (Å²) in [6, 6.07) is 6.47. The molecule has 0 amide bonds. The summed E-state index contributed by atoms with van der Waals surface area (Å²) in [5, 5.41) is 7.63. The highest BCUT2D eigenvalue weighted by molar-refractivity contribution is 7.90. The van der Waals surface area contributed by atoms with Crippen molar-refractivity contribution < 1.29 is 13.2 Å². The first-order valence-electron chi connectivity index (χ1n) is 10.3. The van der Waals surface area contributed by atoms with Crippen molar-refractivity contribution in [3.8, 4) is 5.75 Å². The lowest BCUT2D eigenvalue weighted by Crippen LogP contribution is -2.40. The fourth-order valence-electron chi connectivity index (χ4n) is 3.63. The van der Waals surface area contributed by atoms with Gasteiger partial charge >= 0.3 is 0 Å². The van der Waals surface area contributed by atoms with Crippen molar-refractivity contribution >= 4 is 15.8 Å². The topological polar surface area (TPSA) is 88.8 Å². The lowest BCUT2D eigenvalue weighted by Gasteiger charge is -2.21. The molecule has 0 bridgehead atoms. The van der Waals surface area contributed by atoms with Crippen LogP contribution >= 0.6 is 0 Å². The second-order valence-corrected chi connectivity index (χ2v) is 9.67. The van der Waals surface area contributed by atoms with E-state index in [9.17, 15) is 8.42 Å². The molecule has 0 aliphatic carbocycles. The van der Waals surface area contributed by atoms with Gasteiger partial charge in [0.2, 0.25) is 0 Å². The van der Waals surface area contributed by atoms with Crippen molar-refractivity contribution in [2.45, 2.75) is 24.7 Å². The van der Waals surface area contributed by atoms with Crippen LogP contribution in [0, 0.1) is 5.92 Å². The summed E-state index contributed by atoms with van der Waals surface area (Å²) >= 11 is 0. The van der Waals surface area contributed by atoms with Crippen molar-refractivity contribution in [1.82, 2.24) is 20.0 Å². The van der Waals surface area contributed by atoms with Gasteiger partial charge in [0, 0.05) is 39.1 Å². The molecular weight excluding hydrogens is 402 g/mol. The molecule has 1 N–H and O–H groups in total. The number of aryl methyl sites for hydroxylation is 1. The van der Waals surface area contributed by atoms with Crippen molar-refractivity contribution in [3.63, 3.8) is 0 Å². The molecule has 1 fully saturated rings. The molecule has 9 heteroatoms. The highest BCUT2D eigenvalue weighted by Gasteiger charge is 2.25. The van der Waals surface area contributed by atoms with Gasteiger partial charge in [0.1, 0.15) is 12.4 Å². The number of rotatable bonds is 8. The minimum atomic E-state index is -3.19. The van der Waals surface area contributed by atoms with Crippen LogP contribution in [0.4, 0.5) is 0 Å². The number of hydrogen-bond donors (Lipinski definition) is 1. The van der Waals surface area contributed by atoms with E-state index < -0.39 is 9.84 Å². The molecule has 0 radical (unpaired) electrons. The van der Waals surface area contributed by atoms with Crippen molar-refractivity contribution in [2.75, 3.05) is 39.0 Å². The maximum Gasteiger partial charge on any atom is 0.194 e. The first kappa shape index (κ1) is 22.1. The first-order chi connectivity index (χ1) is 14.3. The average molecular weight is 434 g/mol. The van der Waals surface area contributed by atoms with E-state index in [1.165, 1.54) is 11.8 Å². The molecule has 2 aromatic rings. The SMILES string of the molecule is CCNC(=NCCOc1ccc(S(C)(=O)=O)cc1)N1CCC(Cc2cnn(C)c2)C1. The number of sulfone groups is 1. The molecule has 8 nitrogen and oxygen atoms in total. The van der Waals surface area contributed by atoms with Crippen LogP contribution in [0.5, 0.6) is 5.75 Å². The Morgan fingerprint density at radius 3 is 2.73 bits per heavy atom. The number of nitrogens with one attached hydrogen (secondary N) is 1. The van der Waals surface area contributed by atoms with E-state index in [4.69, 9.17) is 9.73 Å². The summed E-state index contributed by atoms with van der Waals surface area (Å²) in [6.45, 7) is 5.81. The molecule has 1 saturated heterocycles. The average Bonchev–Trinajstić information content (AvgIpc) is 3.33. The molecule has 0 spiro atoms. The van der Waals surface area contributed by atoms with E-state index in [1.54, 1.807) is 24.3 Å². The van der Waals surface area contributed by atoms with Crippen molar-refractivity contribution in [3.05, 3.63) is 42.2 Å². The fourth-order valence-corrected chi connectivity index (χ4v) is 4.26. The van der Waals surface area contributed by atoms with Crippen LogP contribution in [-0.4, -0.2) is 68.1 Å². The van der Waals surface area contributed by atoms with Crippen LogP contribution in [0.2, 0.25) is 0 Å². The van der Waals surface area contributed by atoms with Gasteiger partial charge in [-0.05, 0) is 55.5 Å². The smallest absolute Gasteiger partial charge is 0.194 e. The van der Waals surface area contributed by atoms with Gasteiger partial charge in [0.05, 0.1) is 17.6 Å². The summed E-state index contributed by atoms with van der Waals surface area (Å²) in [5.74, 6) is 2.16. The number of ether oxygens (including phenoxy) is 1. The first-order valence-corrected chi connectivity index (χ1v) is 12.2. The quantitative estimate of drug-likeness (QED) is 0.388. The lowest BCUT2D eigenvalue weighted by molar-refractivity contribution is 0.327. The molecule has 164 valence electrons. The third-order valence-corrected chi connectivity index (χ3v) is 6.20. The standard InChI is InChI=1S/C21H31N5O3S/c1-4-22-21(26-11-9-17(16-26)13-18-14-24-25(2)15-18)23-10-12-29-19-5-7-20(8-6-19)30(3,27)28/h5-8,14-15,17H,4,9-13,16H2,1-3H3,(H,22,23). The van der Waals surface area contributed by atoms with Gasteiger partial charge in [-0.15, -0.1) is 0 Å². The van der Waals surface area contributed by atoms with Crippen LogP contribution in [-0.2, 0) is 23.3 Å². The highest BCUT2D eigenvalue weighted by Crippen LogP contribution is 2.21. The number of aliphatic imine (C=N–C) groups is 1. The molecule has 1 aliphatic heterocycles. The number of benzene rings is 1. The Labute approximate surface area is 178 Å². The molecule has 1 atom stereocenters. The summed E-state index contributed by atoms with van der Waals surface area (Å²) in [5.41, 5.74) is 1.28. The Balaban J connectivity index is 1.49. The molecule has 1 aliphatic rings. The molecule has 1 aromatic heterocycles. The fraction of sp³-hybridized carbons (Fsp3) is 0.524. The number of nitrogens with zero attached hydrogens (tertiary/aromatic N) is 4. The maximum atomic E-state index is 11.5. The van der Waals surface area contributed by atoms with Gasteiger partial charge in [-0.1, -0.05) is 0 Å². The Bertz CT molecular complexity index is 953. The Morgan fingerprint density at radius 2 is 2.10 bits per heavy atom. The predicted octanol–water partition coefficient (Wildman–Crippen LogP) is 1.73. The lowest BCUT2D eigenvalue weighted by atomic mass is 10.0. The zero-order valence-corrected chi connectivity index (χ0v) is 18.7. The molecule has 2 heterocycles. The zero-order valence-electron chi connectivity index (χ0n) is 17.9. The molecular formula is C21H31N5O3S. The van der Waals surface area contributed by atoms with Gasteiger partial charge < -0.3 is 15.0 Å². The van der Waals surface area contributed by atoms with Crippen molar-refractivity contribution in [2.24, 2.45) is 18.0 Å². The largest absolute Gasteiger partial charge is 0.492 e. The Morgan fingerprint density at radius 1 is 1.33 bits per heavy atom.